The van der Waals surface area contributed by atoms with E-state index in [4.69, 9.17) is 0 Å². The third-order valence-electron chi connectivity index (χ3n) is 3.94. The molecule has 0 saturated heterocycles. The second kappa shape index (κ2) is 11.5. The maximum atomic E-state index is 3.99. The largest absolute Gasteiger partial charge is 0.0654 e. The Morgan fingerprint density at radius 3 is 1.75 bits per heavy atom. The molecule has 0 N–H and O–H groups in total. The highest BCUT2D eigenvalue weighted by Gasteiger charge is 2.08. The highest BCUT2D eigenvalue weighted by molar-refractivity contribution is 4.63. The molecule has 0 aliphatic heterocycles. The van der Waals surface area contributed by atoms with Crippen LogP contribution in [0.15, 0.2) is 0 Å². The van der Waals surface area contributed by atoms with E-state index in [1.54, 1.807) is 0 Å². The summed E-state index contributed by atoms with van der Waals surface area (Å²) in [6.07, 6.45) is 14.0. The van der Waals surface area contributed by atoms with Crippen molar-refractivity contribution in [2.45, 2.75) is 85.0 Å². The van der Waals surface area contributed by atoms with Crippen molar-refractivity contribution in [3.63, 3.8) is 0 Å². The minimum Gasteiger partial charge on any atom is -0.0654 e. The fourth-order valence-electron chi connectivity index (χ4n) is 2.17. The third kappa shape index (κ3) is 9.24. The molecule has 0 heteroatoms. The van der Waals surface area contributed by atoms with Gasteiger partial charge in [-0.2, -0.15) is 0 Å². The first kappa shape index (κ1) is 16.0. The molecule has 0 spiro atoms. The van der Waals surface area contributed by atoms with Crippen molar-refractivity contribution in [2.75, 3.05) is 0 Å². The van der Waals surface area contributed by atoms with Crippen LogP contribution in [-0.2, 0) is 0 Å². The van der Waals surface area contributed by atoms with Gasteiger partial charge < -0.3 is 0 Å². The van der Waals surface area contributed by atoms with Gasteiger partial charge in [-0.15, -0.1) is 0 Å². The number of rotatable bonds is 11. The van der Waals surface area contributed by atoms with Gasteiger partial charge in [0, 0.05) is 0 Å². The van der Waals surface area contributed by atoms with Gasteiger partial charge in [-0.3, -0.25) is 0 Å². The van der Waals surface area contributed by atoms with Crippen molar-refractivity contribution in [3.8, 4) is 0 Å². The summed E-state index contributed by atoms with van der Waals surface area (Å²) in [5, 5.41) is 0. The molecule has 0 nitrogen and oxygen atoms in total. The van der Waals surface area contributed by atoms with E-state index in [1.807, 2.05) is 0 Å². The number of hydrogen-bond donors (Lipinski definition) is 0. The van der Waals surface area contributed by atoms with Crippen LogP contribution in [0.2, 0.25) is 0 Å². The van der Waals surface area contributed by atoms with Crippen molar-refractivity contribution in [1.29, 1.82) is 0 Å². The van der Waals surface area contributed by atoms with Gasteiger partial charge >= 0.3 is 0 Å². The number of unbranched alkanes of at least 4 members (excludes halogenated alkanes) is 7. The first-order chi connectivity index (χ1) is 7.72. The average Bonchev–Trinajstić information content (AvgIpc) is 2.31. The van der Waals surface area contributed by atoms with Crippen molar-refractivity contribution < 1.29 is 0 Å². The highest BCUT2D eigenvalue weighted by Crippen LogP contribution is 2.21. The second-order valence-corrected chi connectivity index (χ2v) is 5.51. The average molecular weight is 225 g/mol. The van der Waals surface area contributed by atoms with Gasteiger partial charge in [0.2, 0.25) is 0 Å². The van der Waals surface area contributed by atoms with E-state index in [-0.39, 0.29) is 0 Å². The fourth-order valence-corrected chi connectivity index (χ4v) is 2.17. The van der Waals surface area contributed by atoms with Gasteiger partial charge in [0.25, 0.3) is 0 Å². The van der Waals surface area contributed by atoms with Crippen LogP contribution < -0.4 is 0 Å². The van der Waals surface area contributed by atoms with Crippen LogP contribution in [0.5, 0.6) is 0 Å². The van der Waals surface area contributed by atoms with E-state index < -0.39 is 0 Å². The molecule has 97 valence electrons. The first-order valence-corrected chi connectivity index (χ1v) is 7.51. The molecule has 2 unspecified atom stereocenters. The lowest BCUT2D eigenvalue weighted by molar-refractivity contribution is 0.352. The molecule has 0 aliphatic rings. The van der Waals surface area contributed by atoms with Crippen LogP contribution in [0.3, 0.4) is 0 Å². The molecule has 0 aromatic rings. The lowest BCUT2D eigenvalue weighted by Gasteiger charge is -2.17. The lowest BCUT2D eigenvalue weighted by atomic mass is 9.89. The van der Waals surface area contributed by atoms with Gasteiger partial charge in [-0.25, -0.2) is 0 Å². The summed E-state index contributed by atoms with van der Waals surface area (Å²) >= 11 is 0. The Bertz CT molecular complexity index is 128. The molecule has 16 heavy (non-hydrogen) atoms. The van der Waals surface area contributed by atoms with E-state index in [0.29, 0.717) is 0 Å². The summed E-state index contributed by atoms with van der Waals surface area (Å²) in [6, 6.07) is 0. The molecule has 1 radical (unpaired) electrons. The molecule has 0 rings (SSSR count). The Kier molecular flexibility index (Phi) is 11.5. The molecule has 0 bridgehead atoms. The number of hydrogen-bond acceptors (Lipinski definition) is 0. The Morgan fingerprint density at radius 2 is 1.25 bits per heavy atom. The molecule has 0 heterocycles. The monoisotopic (exact) mass is 225 g/mol. The predicted molar refractivity (Wildman–Crippen MR) is 75.5 cm³/mol. The second-order valence-electron chi connectivity index (χ2n) is 5.51. The van der Waals surface area contributed by atoms with E-state index in [0.717, 1.165) is 18.3 Å². The van der Waals surface area contributed by atoms with E-state index in [9.17, 15) is 0 Å². The molecule has 0 aromatic carbocycles. The molecular weight excluding hydrogens is 192 g/mol. The molecule has 0 saturated carbocycles. The van der Waals surface area contributed by atoms with E-state index >= 15 is 0 Å². The lowest BCUT2D eigenvalue weighted by Crippen LogP contribution is -2.06. The summed E-state index contributed by atoms with van der Waals surface area (Å²) < 4.78 is 0. The summed E-state index contributed by atoms with van der Waals surface area (Å²) in [4.78, 5) is 0. The smallest absolute Gasteiger partial charge is 0.0417 e. The van der Waals surface area contributed by atoms with Gasteiger partial charge in [-0.1, -0.05) is 91.9 Å². The quantitative estimate of drug-likeness (QED) is 0.377. The zero-order valence-electron chi connectivity index (χ0n) is 11.9. The van der Waals surface area contributed by atoms with Gasteiger partial charge in [0.05, 0.1) is 0 Å². The van der Waals surface area contributed by atoms with Crippen LogP contribution in [0, 0.1) is 18.8 Å². The first-order valence-electron chi connectivity index (χ1n) is 7.51. The maximum absolute atomic E-state index is 3.99. The van der Waals surface area contributed by atoms with Gasteiger partial charge in [-0.05, 0) is 11.8 Å². The topological polar surface area (TPSA) is 0 Å². The predicted octanol–water partition coefficient (Wildman–Crippen LogP) is 6.01. The minimum absolute atomic E-state index is 0.810. The summed E-state index contributed by atoms with van der Waals surface area (Å²) in [5.74, 6) is 1.68. The third-order valence-corrected chi connectivity index (χ3v) is 3.94. The normalized spacial score (nSPS) is 15.0. The molecule has 0 fully saturated rings. The zero-order chi connectivity index (χ0) is 12.2. The molecule has 2 atom stereocenters. The minimum atomic E-state index is 0.810. The van der Waals surface area contributed by atoms with Crippen molar-refractivity contribution in [3.05, 3.63) is 6.92 Å². The van der Waals surface area contributed by atoms with Crippen molar-refractivity contribution in [1.82, 2.24) is 0 Å². The van der Waals surface area contributed by atoms with Crippen LogP contribution in [0.1, 0.15) is 85.0 Å². The molecule has 0 aliphatic carbocycles. The Morgan fingerprint density at radius 1 is 0.750 bits per heavy atom. The van der Waals surface area contributed by atoms with Crippen molar-refractivity contribution in [2.24, 2.45) is 11.8 Å². The molecule has 0 aromatic heterocycles. The Hall–Kier alpha value is 0. The zero-order valence-corrected chi connectivity index (χ0v) is 11.9. The molecular formula is C16H33. The van der Waals surface area contributed by atoms with Crippen LogP contribution >= 0.6 is 0 Å². The van der Waals surface area contributed by atoms with E-state index in [2.05, 4.69) is 27.7 Å². The van der Waals surface area contributed by atoms with Crippen LogP contribution in [0.25, 0.3) is 0 Å². The summed E-state index contributed by atoms with van der Waals surface area (Å²) in [7, 11) is 0. The van der Waals surface area contributed by atoms with E-state index in [1.165, 1.54) is 57.8 Å². The fraction of sp³-hybridized carbons (Fsp3) is 0.938. The Labute approximate surface area is 104 Å². The van der Waals surface area contributed by atoms with Crippen molar-refractivity contribution >= 4 is 0 Å². The standard InChI is InChI=1S/C16H33/c1-5-7-8-9-10-11-12-13-14-16(4)15(3)6-2/h15-16H,2,5-14H2,1,3-4H3. The van der Waals surface area contributed by atoms with Gasteiger partial charge in [0.15, 0.2) is 0 Å². The Balaban J connectivity index is 3.14. The summed E-state index contributed by atoms with van der Waals surface area (Å²) in [6.45, 7) is 11.0. The molecule has 0 amide bonds. The van der Waals surface area contributed by atoms with Crippen LogP contribution in [0.4, 0.5) is 0 Å². The van der Waals surface area contributed by atoms with Crippen LogP contribution in [-0.4, -0.2) is 0 Å². The summed E-state index contributed by atoms with van der Waals surface area (Å²) in [5.41, 5.74) is 0. The highest BCUT2D eigenvalue weighted by atomic mass is 14.1. The van der Waals surface area contributed by atoms with Gasteiger partial charge in [0.1, 0.15) is 0 Å². The SMILES string of the molecule is [CH2]CC(C)C(C)CCCCCCCCCC. The maximum Gasteiger partial charge on any atom is -0.0417 e.